The fraction of sp³-hybridized carbons (Fsp3) is 0.208. The van der Waals surface area contributed by atoms with Crippen molar-refractivity contribution in [1.82, 2.24) is 25.6 Å². The van der Waals surface area contributed by atoms with Crippen LogP contribution >= 0.6 is 11.6 Å². The quantitative estimate of drug-likeness (QED) is 0.413. The zero-order valence-corrected chi connectivity index (χ0v) is 18.6. The number of pyridine rings is 1. The number of aromatic amines is 1. The Bertz CT molecular complexity index is 1260. The predicted octanol–water partition coefficient (Wildman–Crippen LogP) is 4.72. The molecule has 2 aromatic carbocycles. The molecule has 33 heavy (non-hydrogen) atoms. The van der Waals surface area contributed by atoms with E-state index in [-0.39, 0.29) is 17.7 Å². The van der Waals surface area contributed by atoms with Gasteiger partial charge in [0, 0.05) is 40.0 Å². The van der Waals surface area contributed by atoms with E-state index in [9.17, 15) is 4.79 Å². The number of ether oxygens (including phenoxy) is 1. The number of H-pyrrole nitrogens is 1. The first-order valence-electron chi connectivity index (χ1n) is 10.7. The summed E-state index contributed by atoms with van der Waals surface area (Å²) in [6, 6.07) is 17.1. The smallest absolute Gasteiger partial charge is 0.228 e. The largest absolute Gasteiger partial charge is 0.478 e. The van der Waals surface area contributed by atoms with Gasteiger partial charge < -0.3 is 10.1 Å². The summed E-state index contributed by atoms with van der Waals surface area (Å²) in [7, 11) is 0. The van der Waals surface area contributed by atoms with E-state index in [1.54, 1.807) is 6.20 Å². The minimum atomic E-state index is -0.0604. The van der Waals surface area contributed by atoms with E-state index in [0.717, 1.165) is 28.7 Å². The van der Waals surface area contributed by atoms with Gasteiger partial charge in [0.25, 0.3) is 0 Å². The van der Waals surface area contributed by atoms with Crippen molar-refractivity contribution in [3.63, 3.8) is 0 Å². The number of carbonyl (C=O) groups is 1. The van der Waals surface area contributed by atoms with E-state index in [4.69, 9.17) is 16.3 Å². The van der Waals surface area contributed by atoms with Crippen LogP contribution in [-0.4, -0.2) is 38.1 Å². The molecule has 0 radical (unpaired) electrons. The Morgan fingerprint density at radius 3 is 2.70 bits per heavy atom. The van der Waals surface area contributed by atoms with Crippen LogP contribution in [0.4, 0.5) is 5.69 Å². The second kappa shape index (κ2) is 8.99. The number of hydrogen-bond acceptors (Lipinski definition) is 6. The lowest BCUT2D eigenvalue weighted by atomic mass is 9.99. The highest BCUT2D eigenvalue weighted by Crippen LogP contribution is 2.48. The van der Waals surface area contributed by atoms with Crippen LogP contribution in [0.2, 0.25) is 5.02 Å². The van der Waals surface area contributed by atoms with Gasteiger partial charge in [-0.05, 0) is 65.9 Å². The molecule has 0 spiro atoms. The van der Waals surface area contributed by atoms with Gasteiger partial charge in [0.15, 0.2) is 0 Å². The molecule has 0 bridgehead atoms. The zero-order valence-electron chi connectivity index (χ0n) is 17.8. The Hall–Kier alpha value is -3.78. The molecule has 166 valence electrons. The Kier molecular flexibility index (Phi) is 5.75. The lowest BCUT2D eigenvalue weighted by molar-refractivity contribution is -0.117. The first-order valence-corrected chi connectivity index (χ1v) is 11.0. The van der Waals surface area contributed by atoms with Crippen LogP contribution in [0.5, 0.6) is 5.88 Å². The minimum absolute atomic E-state index is 0.00973. The normalized spacial score (nSPS) is 16.9. The van der Waals surface area contributed by atoms with E-state index in [1.165, 1.54) is 0 Å². The van der Waals surface area contributed by atoms with Crippen LogP contribution in [-0.2, 0) is 4.79 Å². The zero-order chi connectivity index (χ0) is 22.8. The molecule has 4 aromatic rings. The predicted molar refractivity (Wildman–Crippen MR) is 125 cm³/mol. The number of rotatable bonds is 7. The molecule has 8 nitrogen and oxygen atoms in total. The number of hydrogen-bond donors (Lipinski definition) is 2. The third-order valence-electron chi connectivity index (χ3n) is 5.64. The fourth-order valence-corrected chi connectivity index (χ4v) is 4.03. The molecule has 2 atom stereocenters. The number of aromatic nitrogens is 5. The number of nitrogens with one attached hydrogen (secondary N) is 2. The SMILES string of the molecule is CCOc1ccc(-c2ccc(NC(=O)[C@@H]3C[C@H]3c3ccc(Cl)cc3)cc2-c2nn[nH]n2)cn1. The van der Waals surface area contributed by atoms with E-state index < -0.39 is 0 Å². The second-order valence-corrected chi connectivity index (χ2v) is 8.24. The summed E-state index contributed by atoms with van der Waals surface area (Å²) in [6.45, 7) is 2.46. The van der Waals surface area contributed by atoms with Crippen LogP contribution in [0, 0.1) is 5.92 Å². The number of carbonyl (C=O) groups excluding carboxylic acids is 1. The second-order valence-electron chi connectivity index (χ2n) is 7.80. The van der Waals surface area contributed by atoms with Crippen molar-refractivity contribution in [2.24, 2.45) is 5.92 Å². The van der Waals surface area contributed by atoms with Crippen molar-refractivity contribution in [3.8, 4) is 28.4 Å². The maximum Gasteiger partial charge on any atom is 0.228 e. The van der Waals surface area contributed by atoms with Gasteiger partial charge in [-0.25, -0.2) is 4.98 Å². The molecular formula is C24H21ClN6O2. The molecule has 0 unspecified atom stereocenters. The maximum atomic E-state index is 12.9. The summed E-state index contributed by atoms with van der Waals surface area (Å²) >= 11 is 5.97. The number of anilines is 1. The number of halogens is 1. The average molecular weight is 461 g/mol. The molecule has 9 heteroatoms. The Labute approximate surface area is 195 Å². The third kappa shape index (κ3) is 4.56. The average Bonchev–Trinajstić information content (AvgIpc) is 3.45. The molecule has 1 aliphatic rings. The highest BCUT2D eigenvalue weighted by atomic mass is 35.5. The highest BCUT2D eigenvalue weighted by molar-refractivity contribution is 6.30. The molecule has 2 aromatic heterocycles. The summed E-state index contributed by atoms with van der Waals surface area (Å²) < 4.78 is 5.43. The maximum absolute atomic E-state index is 12.9. The molecule has 2 heterocycles. The molecule has 1 aliphatic carbocycles. The van der Waals surface area contributed by atoms with Gasteiger partial charge >= 0.3 is 0 Å². The summed E-state index contributed by atoms with van der Waals surface area (Å²) in [4.78, 5) is 17.2. The summed E-state index contributed by atoms with van der Waals surface area (Å²) in [5.74, 6) is 1.14. The van der Waals surface area contributed by atoms with E-state index in [1.807, 2.05) is 61.5 Å². The summed E-state index contributed by atoms with van der Waals surface area (Å²) in [5, 5.41) is 18.2. The van der Waals surface area contributed by atoms with Gasteiger partial charge in [-0.3, -0.25) is 4.79 Å². The molecule has 0 aliphatic heterocycles. The monoisotopic (exact) mass is 460 g/mol. The van der Waals surface area contributed by atoms with Gasteiger partial charge in [0.1, 0.15) is 0 Å². The van der Waals surface area contributed by atoms with Crippen molar-refractivity contribution in [2.45, 2.75) is 19.3 Å². The molecule has 2 N–H and O–H groups in total. The number of benzene rings is 2. The summed E-state index contributed by atoms with van der Waals surface area (Å²) in [6.07, 6.45) is 2.56. The van der Waals surface area contributed by atoms with Gasteiger partial charge in [-0.15, -0.1) is 10.2 Å². The first kappa shape index (κ1) is 21.1. The first-order chi connectivity index (χ1) is 16.1. The Balaban J connectivity index is 1.37. The van der Waals surface area contributed by atoms with E-state index >= 15 is 0 Å². The van der Waals surface area contributed by atoms with Gasteiger partial charge in [-0.2, -0.15) is 5.21 Å². The van der Waals surface area contributed by atoms with Gasteiger partial charge in [0.2, 0.25) is 17.6 Å². The molecule has 1 amide bonds. The van der Waals surface area contributed by atoms with Gasteiger partial charge in [-0.1, -0.05) is 29.8 Å². The lowest BCUT2D eigenvalue weighted by Gasteiger charge is -2.11. The topological polar surface area (TPSA) is 106 Å². The minimum Gasteiger partial charge on any atom is -0.478 e. The van der Waals surface area contributed by atoms with Crippen molar-refractivity contribution in [1.29, 1.82) is 0 Å². The fourth-order valence-electron chi connectivity index (χ4n) is 3.91. The van der Waals surface area contributed by atoms with Gasteiger partial charge in [0.05, 0.1) is 6.61 Å². The standard InChI is InChI=1S/C24H21ClN6O2/c1-2-33-22-10-5-15(13-26-22)18-9-8-17(11-20(18)23-28-30-31-29-23)27-24(32)21-12-19(21)14-3-6-16(25)7-4-14/h3-11,13,19,21H,2,12H2,1H3,(H,27,32)(H,28,29,30,31)/t19-,21+/m0/s1. The third-order valence-corrected chi connectivity index (χ3v) is 5.89. The van der Waals surface area contributed by atoms with E-state index in [2.05, 4.69) is 30.9 Å². The number of nitrogens with zero attached hydrogens (tertiary/aromatic N) is 4. The van der Waals surface area contributed by atoms with Crippen LogP contribution in [0.25, 0.3) is 22.5 Å². The lowest BCUT2D eigenvalue weighted by Crippen LogP contribution is -2.14. The van der Waals surface area contributed by atoms with Crippen molar-refractivity contribution < 1.29 is 9.53 Å². The molecule has 5 rings (SSSR count). The Morgan fingerprint density at radius 2 is 2.00 bits per heavy atom. The van der Waals surface area contributed by atoms with Crippen LogP contribution < -0.4 is 10.1 Å². The van der Waals surface area contributed by atoms with Crippen molar-refractivity contribution in [2.75, 3.05) is 11.9 Å². The van der Waals surface area contributed by atoms with Crippen LogP contribution in [0.1, 0.15) is 24.8 Å². The van der Waals surface area contributed by atoms with Crippen LogP contribution in [0.15, 0.2) is 60.8 Å². The number of amides is 1. The highest BCUT2D eigenvalue weighted by Gasteiger charge is 2.43. The summed E-state index contributed by atoms with van der Waals surface area (Å²) in [5.41, 5.74) is 4.28. The molecule has 1 fully saturated rings. The molecular weight excluding hydrogens is 440 g/mol. The van der Waals surface area contributed by atoms with Crippen molar-refractivity contribution in [3.05, 3.63) is 71.4 Å². The number of tetrazole rings is 1. The Morgan fingerprint density at radius 1 is 1.15 bits per heavy atom. The molecule has 1 saturated carbocycles. The van der Waals surface area contributed by atoms with E-state index in [0.29, 0.717) is 29.0 Å². The van der Waals surface area contributed by atoms with Crippen molar-refractivity contribution >= 4 is 23.2 Å². The van der Waals surface area contributed by atoms with Crippen LogP contribution in [0.3, 0.4) is 0 Å². The molecule has 0 saturated heterocycles.